The number of unbranched alkanes of at least 4 members (excludes halogenated alkanes) is 12. The Labute approximate surface area is 295 Å². The van der Waals surface area contributed by atoms with Crippen molar-refractivity contribution >= 4 is 25.5 Å². The minimum atomic E-state index is -4.81. The van der Waals surface area contributed by atoms with Crippen molar-refractivity contribution in [2.75, 3.05) is 13.2 Å². The number of rotatable bonds is 30. The topological polar surface area (TPSA) is 177 Å². The largest absolute Gasteiger partial charge is 0.469 e. The number of ketones is 1. The first-order valence-corrected chi connectivity index (χ1v) is 20.5. The first kappa shape index (κ1) is 45.4. The van der Waals surface area contributed by atoms with Crippen LogP contribution in [0.1, 0.15) is 156 Å². The van der Waals surface area contributed by atoms with Gasteiger partial charge < -0.3 is 29.5 Å². The van der Waals surface area contributed by atoms with E-state index in [2.05, 4.69) is 25.3 Å². The van der Waals surface area contributed by atoms with Crippen LogP contribution in [0.25, 0.3) is 0 Å². The maximum Gasteiger partial charge on any atom is 0.469 e. The monoisotopic (exact) mass is 718 g/mol. The Balaban J connectivity index is 2.33. The molecule has 12 heteroatoms. The van der Waals surface area contributed by atoms with Gasteiger partial charge in [0.25, 0.3) is 0 Å². The molecule has 5 atom stereocenters. The third-order valence-corrected chi connectivity index (χ3v) is 9.60. The number of phosphoric acid groups is 1. The van der Waals surface area contributed by atoms with Crippen molar-refractivity contribution in [3.8, 4) is 0 Å². The van der Waals surface area contributed by atoms with E-state index in [4.69, 9.17) is 19.3 Å². The molecular weight excluding hydrogens is 651 g/mol. The van der Waals surface area contributed by atoms with Gasteiger partial charge in [-0.25, -0.2) is 4.57 Å². The Morgan fingerprint density at radius 3 is 2.02 bits per heavy atom. The van der Waals surface area contributed by atoms with Crippen molar-refractivity contribution in [2.45, 2.75) is 174 Å². The Morgan fingerprint density at radius 1 is 0.837 bits per heavy atom. The van der Waals surface area contributed by atoms with Crippen LogP contribution in [-0.2, 0) is 32.9 Å². The molecular formula is C37H67O11P. The van der Waals surface area contributed by atoms with Crippen LogP contribution in [0.4, 0.5) is 0 Å². The van der Waals surface area contributed by atoms with Gasteiger partial charge in [0.05, 0.1) is 18.8 Å². The molecule has 0 heterocycles. The molecule has 1 rings (SSSR count). The third-order valence-electron chi connectivity index (χ3n) is 9.12. The van der Waals surface area contributed by atoms with Gasteiger partial charge in [0.1, 0.15) is 12.4 Å². The summed E-state index contributed by atoms with van der Waals surface area (Å²) in [7, 11) is -4.81. The molecule has 1 saturated carbocycles. The summed E-state index contributed by atoms with van der Waals surface area (Å²) in [5, 5.41) is 20.6. The van der Waals surface area contributed by atoms with Crippen molar-refractivity contribution in [3.63, 3.8) is 0 Å². The lowest BCUT2D eigenvalue weighted by Crippen LogP contribution is -2.29. The van der Waals surface area contributed by atoms with Crippen molar-refractivity contribution in [2.24, 2.45) is 17.8 Å². The van der Waals surface area contributed by atoms with Gasteiger partial charge in [-0.2, -0.15) is 0 Å². The van der Waals surface area contributed by atoms with Crippen LogP contribution in [-0.4, -0.2) is 69.2 Å². The molecule has 1 fully saturated rings. The Morgan fingerprint density at radius 2 is 1.41 bits per heavy atom. The molecule has 1 aliphatic rings. The lowest BCUT2D eigenvalue weighted by molar-refractivity contribution is -0.161. The zero-order chi connectivity index (χ0) is 36.5. The standard InChI is InChI=1S/C37H67O11P/c1-4-5-14-20-30(38)24-25-33-32(34(39)26-35(33)40)21-16-12-13-18-23-37(42)48-31(28-47-49(43,44)45)27-46-36(41)22-17-11-9-7-6-8-10-15-19-29(2)3/h24-25,29-34,38-39H,4-23,26-28H2,1-3H3,(H2,43,44,45)/b25-24+/t30-,31+,32+,33+,34-/m0/s1. The molecule has 286 valence electrons. The molecule has 0 amide bonds. The van der Waals surface area contributed by atoms with E-state index in [0.717, 1.165) is 57.3 Å². The summed E-state index contributed by atoms with van der Waals surface area (Å²) in [6, 6.07) is 0. The number of hydrogen-bond acceptors (Lipinski definition) is 9. The van der Waals surface area contributed by atoms with Crippen LogP contribution in [0.2, 0.25) is 0 Å². The van der Waals surface area contributed by atoms with E-state index >= 15 is 0 Å². The van der Waals surface area contributed by atoms with E-state index < -0.39 is 50.6 Å². The maximum absolute atomic E-state index is 12.5. The van der Waals surface area contributed by atoms with Crippen molar-refractivity contribution in [1.29, 1.82) is 0 Å². The van der Waals surface area contributed by atoms with Crippen molar-refractivity contribution in [3.05, 3.63) is 12.2 Å². The molecule has 0 aromatic carbocycles. The zero-order valence-corrected chi connectivity index (χ0v) is 31.4. The second-order valence-electron chi connectivity index (χ2n) is 14.2. The second-order valence-corrected chi connectivity index (χ2v) is 15.4. The summed E-state index contributed by atoms with van der Waals surface area (Å²) in [5.41, 5.74) is 0. The van der Waals surface area contributed by atoms with Gasteiger partial charge in [0.15, 0.2) is 6.10 Å². The number of aliphatic hydroxyl groups excluding tert-OH is 2. The molecule has 11 nitrogen and oxygen atoms in total. The summed E-state index contributed by atoms with van der Waals surface area (Å²) in [6.07, 6.45) is 18.6. The fraction of sp³-hybridized carbons (Fsp3) is 0.865. The van der Waals surface area contributed by atoms with Gasteiger partial charge in [0.2, 0.25) is 0 Å². The van der Waals surface area contributed by atoms with Gasteiger partial charge in [-0.05, 0) is 37.5 Å². The Hall–Kier alpha value is -1.62. The molecule has 0 bridgehead atoms. The van der Waals surface area contributed by atoms with Gasteiger partial charge in [-0.15, -0.1) is 0 Å². The molecule has 0 aromatic rings. The molecule has 0 radical (unpaired) electrons. The number of Topliss-reactive ketones (excluding diaryl/α,β-unsaturated/α-hetero) is 1. The normalized spacial score (nSPS) is 19.5. The van der Waals surface area contributed by atoms with E-state index in [1.165, 1.54) is 32.1 Å². The van der Waals surface area contributed by atoms with Gasteiger partial charge in [-0.1, -0.05) is 123 Å². The number of esters is 2. The van der Waals surface area contributed by atoms with Gasteiger partial charge >= 0.3 is 19.8 Å². The summed E-state index contributed by atoms with van der Waals surface area (Å²) in [4.78, 5) is 55.3. The minimum absolute atomic E-state index is 0.00575. The maximum atomic E-state index is 12.5. The summed E-state index contributed by atoms with van der Waals surface area (Å²) in [5.74, 6) is -0.880. The van der Waals surface area contributed by atoms with Crippen LogP contribution >= 0.6 is 7.82 Å². The molecule has 0 aromatic heterocycles. The average Bonchev–Trinajstić information content (AvgIpc) is 3.30. The number of carbonyl (C=O) groups is 3. The highest BCUT2D eigenvalue weighted by Gasteiger charge is 2.39. The predicted molar refractivity (Wildman–Crippen MR) is 189 cm³/mol. The van der Waals surface area contributed by atoms with E-state index in [1.54, 1.807) is 12.2 Å². The first-order chi connectivity index (χ1) is 23.3. The molecule has 0 unspecified atom stereocenters. The highest BCUT2D eigenvalue weighted by Crippen LogP contribution is 2.36. The SMILES string of the molecule is CCCCC[C@H](O)/C=C/[C@H]1C(=O)C[C@H](O)[C@@H]1CCCCCCC(=O)O[C@H](COC(=O)CCCCCCCCCCC(C)C)COP(=O)(O)O. The summed E-state index contributed by atoms with van der Waals surface area (Å²) in [6.45, 7) is 5.63. The lowest BCUT2D eigenvalue weighted by Gasteiger charge is -2.19. The predicted octanol–water partition coefficient (Wildman–Crippen LogP) is 7.51. The van der Waals surface area contributed by atoms with Crippen LogP contribution in [0, 0.1) is 17.8 Å². The molecule has 0 spiro atoms. The van der Waals surface area contributed by atoms with Crippen molar-refractivity contribution < 1.29 is 52.9 Å². The van der Waals surface area contributed by atoms with E-state index in [1.807, 2.05) is 0 Å². The van der Waals surface area contributed by atoms with Gasteiger partial charge in [-0.3, -0.25) is 18.9 Å². The summed E-state index contributed by atoms with van der Waals surface area (Å²) < 4.78 is 26.3. The molecule has 1 aliphatic carbocycles. The summed E-state index contributed by atoms with van der Waals surface area (Å²) >= 11 is 0. The van der Waals surface area contributed by atoms with Crippen LogP contribution in [0.15, 0.2) is 12.2 Å². The number of ether oxygens (including phenoxy) is 2. The Bertz CT molecular complexity index is 979. The van der Waals surface area contributed by atoms with Gasteiger partial charge in [0, 0.05) is 25.2 Å². The highest BCUT2D eigenvalue weighted by molar-refractivity contribution is 7.46. The molecule has 4 N–H and O–H groups in total. The van der Waals surface area contributed by atoms with Crippen LogP contribution in [0.5, 0.6) is 0 Å². The highest BCUT2D eigenvalue weighted by atomic mass is 31.2. The van der Waals surface area contributed by atoms with E-state index in [9.17, 15) is 29.2 Å². The number of aliphatic hydroxyl groups is 2. The second kappa shape index (κ2) is 27.1. The number of carbonyl (C=O) groups excluding carboxylic acids is 3. The average molecular weight is 719 g/mol. The quantitative estimate of drug-likeness (QED) is 0.0250. The molecule has 0 aliphatic heterocycles. The third kappa shape index (κ3) is 24.2. The van der Waals surface area contributed by atoms with Crippen molar-refractivity contribution in [1.82, 2.24) is 0 Å². The first-order valence-electron chi connectivity index (χ1n) is 18.9. The lowest BCUT2D eigenvalue weighted by atomic mass is 9.88. The van der Waals surface area contributed by atoms with Crippen LogP contribution < -0.4 is 0 Å². The Kier molecular flexibility index (Phi) is 25.1. The smallest absolute Gasteiger partial charge is 0.462 e. The van der Waals surface area contributed by atoms with Crippen LogP contribution in [0.3, 0.4) is 0 Å². The fourth-order valence-electron chi connectivity index (χ4n) is 6.23. The number of allylic oxidation sites excluding steroid dienone is 1. The number of phosphoric ester groups is 1. The number of hydrogen-bond donors (Lipinski definition) is 4. The molecule has 49 heavy (non-hydrogen) atoms. The zero-order valence-electron chi connectivity index (χ0n) is 30.5. The van der Waals surface area contributed by atoms with E-state index in [0.29, 0.717) is 32.1 Å². The van der Waals surface area contributed by atoms with E-state index in [-0.39, 0.29) is 37.6 Å². The molecule has 0 saturated heterocycles. The fourth-order valence-corrected chi connectivity index (χ4v) is 6.59. The minimum Gasteiger partial charge on any atom is -0.462 e.